The summed E-state index contributed by atoms with van der Waals surface area (Å²) in [5, 5.41) is 0. The monoisotopic (exact) mass is 297 g/mol. The van der Waals surface area contributed by atoms with E-state index in [0.29, 0.717) is 10.4 Å². The number of primary amides is 1. The fourth-order valence-corrected chi connectivity index (χ4v) is 2.79. The summed E-state index contributed by atoms with van der Waals surface area (Å²) in [7, 11) is 0. The fraction of sp³-hybridized carbons (Fsp3) is 0. The maximum atomic E-state index is 12.1. The molecule has 6 heteroatoms. The Balaban J connectivity index is 2.00. The van der Waals surface area contributed by atoms with Crippen molar-refractivity contribution in [3.05, 3.63) is 64.5 Å². The number of nitrogens with zero attached hydrogens (tertiary/aromatic N) is 1. The first-order chi connectivity index (χ1) is 10.1. The van der Waals surface area contributed by atoms with Gasteiger partial charge in [0.1, 0.15) is 0 Å². The quantitative estimate of drug-likeness (QED) is 0.758. The number of nitrogens with two attached hydrogens (primary N) is 1. The van der Waals surface area contributed by atoms with Crippen molar-refractivity contribution in [1.82, 2.24) is 4.98 Å². The predicted molar refractivity (Wildman–Crippen MR) is 81.0 cm³/mol. The molecule has 0 saturated heterocycles. The summed E-state index contributed by atoms with van der Waals surface area (Å²) >= 11 is 1.40. The molecule has 104 valence electrons. The summed E-state index contributed by atoms with van der Waals surface area (Å²) in [6.07, 6.45) is 0. The van der Waals surface area contributed by atoms with Crippen LogP contribution in [0.25, 0.3) is 10.2 Å². The molecule has 0 fully saturated rings. The van der Waals surface area contributed by atoms with Crippen LogP contribution in [0.3, 0.4) is 0 Å². The summed E-state index contributed by atoms with van der Waals surface area (Å²) in [6, 6.07) is 13.9. The van der Waals surface area contributed by atoms with Gasteiger partial charge < -0.3 is 10.7 Å². The minimum absolute atomic E-state index is 0.288. The molecule has 1 heterocycles. The predicted octanol–water partition coefficient (Wildman–Crippen LogP) is 2.07. The van der Waals surface area contributed by atoms with E-state index < -0.39 is 11.8 Å². The number of amides is 2. The molecule has 0 aliphatic heterocycles. The molecule has 0 radical (unpaired) electrons. The second-order valence-corrected chi connectivity index (χ2v) is 5.42. The molecular weight excluding hydrogens is 286 g/mol. The first kappa shape index (κ1) is 13.3. The first-order valence-corrected chi connectivity index (χ1v) is 7.02. The van der Waals surface area contributed by atoms with E-state index in [4.69, 9.17) is 5.73 Å². The number of fused-ring (bicyclic) bond motifs is 1. The standard InChI is InChI=1S/C15H11N3O2S/c16-13(19)9-4-3-5-10(8-9)14(20)18-15-17-11-6-1-2-7-12(11)21-15/h1-8H,(H2,16,19)(H,17,18,20). The van der Waals surface area contributed by atoms with Crippen LogP contribution >= 0.6 is 11.3 Å². The number of hydrogen-bond acceptors (Lipinski definition) is 3. The molecule has 2 aromatic carbocycles. The zero-order valence-corrected chi connectivity index (χ0v) is 11.7. The summed E-state index contributed by atoms with van der Waals surface area (Å²) in [6.45, 7) is 0. The van der Waals surface area contributed by atoms with Crippen LogP contribution in [0.15, 0.2) is 53.5 Å². The van der Waals surface area contributed by atoms with Crippen molar-refractivity contribution in [2.24, 2.45) is 10.7 Å². The Kier molecular flexibility index (Phi) is 3.37. The number of aromatic amines is 1. The topological polar surface area (TPSA) is 88.3 Å². The number of thiazole rings is 1. The third-order valence-corrected chi connectivity index (χ3v) is 3.90. The largest absolute Gasteiger partial charge is 0.366 e. The second kappa shape index (κ2) is 5.34. The summed E-state index contributed by atoms with van der Waals surface area (Å²) in [4.78, 5) is 30.9. The van der Waals surface area contributed by atoms with E-state index in [0.717, 1.165) is 10.2 Å². The van der Waals surface area contributed by atoms with E-state index in [1.807, 2.05) is 24.3 Å². The smallest absolute Gasteiger partial charge is 0.279 e. The minimum Gasteiger partial charge on any atom is -0.366 e. The maximum Gasteiger partial charge on any atom is 0.279 e. The number of nitrogens with one attached hydrogen (secondary N) is 1. The fourth-order valence-electron chi connectivity index (χ4n) is 1.92. The van der Waals surface area contributed by atoms with Crippen molar-refractivity contribution in [2.75, 3.05) is 0 Å². The maximum absolute atomic E-state index is 12.1. The van der Waals surface area contributed by atoms with Gasteiger partial charge >= 0.3 is 0 Å². The Bertz CT molecular complexity index is 872. The van der Waals surface area contributed by atoms with E-state index >= 15 is 0 Å². The number of carbonyl (C=O) groups excluding carboxylic acids is 2. The number of H-pyrrole nitrogens is 1. The molecular formula is C15H11N3O2S. The number of aromatic nitrogens is 1. The van der Waals surface area contributed by atoms with Gasteiger partial charge in [-0.15, -0.1) is 0 Å². The molecule has 0 bridgehead atoms. The van der Waals surface area contributed by atoms with Crippen molar-refractivity contribution in [3.63, 3.8) is 0 Å². The van der Waals surface area contributed by atoms with Crippen LogP contribution in [0.4, 0.5) is 0 Å². The van der Waals surface area contributed by atoms with Gasteiger partial charge in [0.25, 0.3) is 5.91 Å². The minimum atomic E-state index is -0.571. The molecule has 3 aromatic rings. The lowest BCUT2D eigenvalue weighted by Crippen LogP contribution is -2.12. The van der Waals surface area contributed by atoms with Gasteiger partial charge in [-0.25, -0.2) is 0 Å². The van der Waals surface area contributed by atoms with Crippen molar-refractivity contribution in [2.45, 2.75) is 0 Å². The zero-order valence-electron chi connectivity index (χ0n) is 10.9. The highest BCUT2D eigenvalue weighted by Crippen LogP contribution is 2.13. The molecule has 0 saturated carbocycles. The molecule has 5 nitrogen and oxygen atoms in total. The lowest BCUT2D eigenvalue weighted by atomic mass is 10.1. The molecule has 1 aromatic heterocycles. The van der Waals surface area contributed by atoms with Crippen molar-refractivity contribution in [1.29, 1.82) is 0 Å². The van der Waals surface area contributed by atoms with E-state index in [1.165, 1.54) is 17.4 Å². The van der Waals surface area contributed by atoms with Gasteiger partial charge in [-0.1, -0.05) is 29.5 Å². The molecule has 0 aliphatic rings. The molecule has 3 rings (SSSR count). The number of rotatable bonds is 2. The van der Waals surface area contributed by atoms with Crippen LogP contribution in [-0.4, -0.2) is 16.8 Å². The van der Waals surface area contributed by atoms with Crippen molar-refractivity contribution < 1.29 is 9.59 Å². The lowest BCUT2D eigenvalue weighted by molar-refractivity contribution is 0.0998. The average Bonchev–Trinajstić information content (AvgIpc) is 2.89. The second-order valence-electron chi connectivity index (χ2n) is 4.39. The average molecular weight is 297 g/mol. The molecule has 0 spiro atoms. The SMILES string of the molecule is NC(=O)c1cccc(C(=O)/N=c2\[nH]c3ccccc3s2)c1. The van der Waals surface area contributed by atoms with Gasteiger partial charge in [-0.2, -0.15) is 4.99 Å². The molecule has 3 N–H and O–H groups in total. The Morgan fingerprint density at radius 3 is 2.57 bits per heavy atom. The molecule has 0 aliphatic carbocycles. The van der Waals surface area contributed by atoms with Gasteiger partial charge in [0.2, 0.25) is 5.91 Å². The van der Waals surface area contributed by atoms with Crippen LogP contribution < -0.4 is 10.5 Å². The Morgan fingerprint density at radius 2 is 1.81 bits per heavy atom. The number of carbonyl (C=O) groups is 2. The van der Waals surface area contributed by atoms with Crippen LogP contribution in [0.5, 0.6) is 0 Å². The third kappa shape index (κ3) is 2.75. The highest BCUT2D eigenvalue weighted by atomic mass is 32.1. The third-order valence-electron chi connectivity index (χ3n) is 2.93. The van der Waals surface area contributed by atoms with Crippen LogP contribution in [0.1, 0.15) is 20.7 Å². The molecule has 0 unspecified atom stereocenters. The Labute approximate surface area is 123 Å². The normalized spacial score (nSPS) is 11.7. The van der Waals surface area contributed by atoms with E-state index in [2.05, 4.69) is 9.98 Å². The van der Waals surface area contributed by atoms with Crippen LogP contribution in [0, 0.1) is 0 Å². The number of benzene rings is 2. The Morgan fingerprint density at radius 1 is 1.05 bits per heavy atom. The van der Waals surface area contributed by atoms with Crippen LogP contribution in [-0.2, 0) is 0 Å². The van der Waals surface area contributed by atoms with Gasteiger partial charge in [-0.05, 0) is 30.3 Å². The first-order valence-electron chi connectivity index (χ1n) is 6.20. The Hall–Kier alpha value is -2.73. The van der Waals surface area contributed by atoms with E-state index in [9.17, 15) is 9.59 Å². The number of para-hydroxylation sites is 1. The van der Waals surface area contributed by atoms with Gasteiger partial charge in [0.05, 0.1) is 10.2 Å². The highest BCUT2D eigenvalue weighted by Gasteiger charge is 2.08. The van der Waals surface area contributed by atoms with Gasteiger partial charge in [0, 0.05) is 11.1 Å². The molecule has 0 atom stereocenters. The highest BCUT2D eigenvalue weighted by molar-refractivity contribution is 7.16. The summed E-state index contributed by atoms with van der Waals surface area (Å²) < 4.78 is 1.02. The zero-order chi connectivity index (χ0) is 14.8. The van der Waals surface area contributed by atoms with E-state index in [1.54, 1.807) is 18.2 Å². The lowest BCUT2D eigenvalue weighted by Gasteiger charge is -1.97. The summed E-state index contributed by atoms with van der Waals surface area (Å²) in [5.74, 6) is -0.987. The van der Waals surface area contributed by atoms with Crippen LogP contribution in [0.2, 0.25) is 0 Å². The van der Waals surface area contributed by atoms with Gasteiger partial charge in [0.15, 0.2) is 4.80 Å². The van der Waals surface area contributed by atoms with Crippen molar-refractivity contribution >= 4 is 33.4 Å². The van der Waals surface area contributed by atoms with E-state index in [-0.39, 0.29) is 5.56 Å². The van der Waals surface area contributed by atoms with Crippen molar-refractivity contribution in [3.8, 4) is 0 Å². The molecule has 2 amide bonds. The summed E-state index contributed by atoms with van der Waals surface area (Å²) in [5.41, 5.74) is 6.75. The number of hydrogen-bond donors (Lipinski definition) is 2. The van der Waals surface area contributed by atoms with Gasteiger partial charge in [-0.3, -0.25) is 9.59 Å². The molecule has 21 heavy (non-hydrogen) atoms.